The number of hydrogen-bond donors (Lipinski definition) is 5. The van der Waals surface area contributed by atoms with Gasteiger partial charge in [-0.2, -0.15) is 0 Å². The molecule has 41 heavy (non-hydrogen) atoms. The summed E-state index contributed by atoms with van der Waals surface area (Å²) in [5.74, 6) is -0.497. The van der Waals surface area contributed by atoms with Gasteiger partial charge >= 0.3 is 0 Å². The molecular formula is C32H44ClN5O3. The van der Waals surface area contributed by atoms with Crippen molar-refractivity contribution in [1.29, 1.82) is 5.41 Å². The first-order valence-electron chi connectivity index (χ1n) is 14.7. The first kappa shape index (κ1) is 32.1. The van der Waals surface area contributed by atoms with E-state index in [0.29, 0.717) is 24.1 Å². The Morgan fingerprint density at radius 2 is 1.24 bits per heavy atom. The average Bonchev–Trinajstić information content (AvgIpc) is 2.98. The Morgan fingerprint density at radius 3 is 1.78 bits per heavy atom. The number of hydrogen-bond acceptors (Lipinski definition) is 4. The van der Waals surface area contributed by atoms with Crippen molar-refractivity contribution in [2.75, 3.05) is 0 Å². The predicted molar refractivity (Wildman–Crippen MR) is 164 cm³/mol. The Bertz CT molecular complexity index is 1170. The molecule has 0 bridgehead atoms. The van der Waals surface area contributed by atoms with E-state index in [1.54, 1.807) is 24.3 Å². The van der Waals surface area contributed by atoms with Crippen molar-refractivity contribution in [3.8, 4) is 0 Å². The summed E-state index contributed by atoms with van der Waals surface area (Å²) >= 11 is 0. The lowest BCUT2D eigenvalue weighted by Gasteiger charge is -2.34. The smallest absolute Gasteiger partial charge is 0.248 e. The second-order valence-electron chi connectivity index (χ2n) is 11.5. The molecule has 0 spiro atoms. The fourth-order valence-corrected chi connectivity index (χ4v) is 6.30. The Morgan fingerprint density at radius 1 is 0.732 bits per heavy atom. The molecule has 1 unspecified atom stereocenters. The molecule has 0 radical (unpaired) electrons. The minimum Gasteiger partial charge on any atom is -0.384 e. The number of carbonyl (C=O) groups excluding carboxylic acids is 3. The zero-order valence-corrected chi connectivity index (χ0v) is 24.5. The maximum Gasteiger partial charge on any atom is 0.248 e. The first-order chi connectivity index (χ1) is 19.3. The van der Waals surface area contributed by atoms with Crippen LogP contribution in [-0.2, 0) is 22.6 Å². The molecule has 2 aromatic rings. The van der Waals surface area contributed by atoms with Gasteiger partial charge in [0.15, 0.2) is 0 Å². The standard InChI is InChI=1S/C32H43N5O3.ClH/c33-29(34)25-15-11-21(12-16-25)19-27(23-7-3-1-4-8-23)31(39)37-28(24-9-5-2-6-10-24)32(40)36-20-22-13-17-26(18-14-22)30(35)38;/h11-18,23-24,27-28H,1-10,19-20H2,(H3,33,34)(H2,35,38)(H,36,40)(H,37,39);1H/t27-,28?;/m0./s1. The number of nitrogen functional groups attached to an aromatic ring is 1. The lowest BCUT2D eigenvalue weighted by atomic mass is 9.76. The number of primary amides is 1. The SMILES string of the molecule is Cl.N=C(N)c1ccc(C[C@H](C(=O)NC(C(=O)NCc2ccc(C(N)=O)cc2)C2CCCCC2)C2CCCCC2)cc1. The Labute approximate surface area is 249 Å². The molecule has 2 aliphatic rings. The van der Waals surface area contributed by atoms with Gasteiger partial charge in [-0.15, -0.1) is 12.4 Å². The van der Waals surface area contributed by atoms with E-state index in [0.717, 1.165) is 68.9 Å². The maximum absolute atomic E-state index is 14.0. The summed E-state index contributed by atoms with van der Waals surface area (Å²) in [6.07, 6.45) is 11.2. The third-order valence-electron chi connectivity index (χ3n) is 8.68. The van der Waals surface area contributed by atoms with Crippen LogP contribution in [0.3, 0.4) is 0 Å². The molecule has 8 nitrogen and oxygen atoms in total. The molecule has 2 atom stereocenters. The van der Waals surface area contributed by atoms with Crippen molar-refractivity contribution in [2.45, 2.75) is 83.2 Å². The van der Waals surface area contributed by atoms with Crippen LogP contribution in [0.2, 0.25) is 0 Å². The van der Waals surface area contributed by atoms with E-state index in [2.05, 4.69) is 10.6 Å². The summed E-state index contributed by atoms with van der Waals surface area (Å²) in [5, 5.41) is 13.9. The zero-order valence-electron chi connectivity index (χ0n) is 23.7. The fraction of sp³-hybridized carbons (Fsp3) is 0.500. The zero-order chi connectivity index (χ0) is 28.5. The second-order valence-corrected chi connectivity index (χ2v) is 11.5. The molecule has 9 heteroatoms. The number of rotatable bonds is 11. The van der Waals surface area contributed by atoms with Gasteiger partial charge in [0, 0.05) is 23.6 Å². The van der Waals surface area contributed by atoms with Crippen molar-refractivity contribution < 1.29 is 14.4 Å². The van der Waals surface area contributed by atoms with Gasteiger partial charge in [-0.3, -0.25) is 19.8 Å². The molecule has 0 aliphatic heterocycles. The summed E-state index contributed by atoms with van der Waals surface area (Å²) in [4.78, 5) is 38.9. The van der Waals surface area contributed by atoms with Crippen molar-refractivity contribution in [1.82, 2.24) is 10.6 Å². The number of amides is 3. The van der Waals surface area contributed by atoms with Gasteiger partial charge in [0.25, 0.3) is 0 Å². The molecule has 222 valence electrons. The largest absolute Gasteiger partial charge is 0.384 e. The Kier molecular flexibility index (Phi) is 12.2. The number of halogens is 1. The van der Waals surface area contributed by atoms with Gasteiger partial charge in [0.05, 0.1) is 0 Å². The van der Waals surface area contributed by atoms with Crippen molar-refractivity contribution in [2.24, 2.45) is 29.2 Å². The van der Waals surface area contributed by atoms with Gasteiger partial charge in [0.1, 0.15) is 11.9 Å². The van der Waals surface area contributed by atoms with Crippen LogP contribution in [0.5, 0.6) is 0 Å². The molecule has 0 heterocycles. The average molecular weight is 582 g/mol. The summed E-state index contributed by atoms with van der Waals surface area (Å²) in [6, 6.07) is 13.9. The highest BCUT2D eigenvalue weighted by molar-refractivity contribution is 5.95. The van der Waals surface area contributed by atoms with E-state index in [1.807, 2.05) is 24.3 Å². The van der Waals surface area contributed by atoms with Crippen LogP contribution in [0.1, 0.15) is 91.3 Å². The molecule has 2 aliphatic carbocycles. The van der Waals surface area contributed by atoms with Crippen LogP contribution in [0, 0.1) is 23.2 Å². The minimum atomic E-state index is -0.580. The molecule has 4 rings (SSSR count). The van der Waals surface area contributed by atoms with Gasteiger partial charge < -0.3 is 22.1 Å². The predicted octanol–water partition coefficient (Wildman–Crippen LogP) is 4.61. The van der Waals surface area contributed by atoms with Gasteiger partial charge in [-0.05, 0) is 67.2 Å². The first-order valence-corrected chi connectivity index (χ1v) is 14.7. The fourth-order valence-electron chi connectivity index (χ4n) is 6.30. The number of carbonyl (C=O) groups is 3. The summed E-state index contributed by atoms with van der Waals surface area (Å²) in [5.41, 5.74) is 14.0. The Hall–Kier alpha value is -3.39. The molecule has 3 amide bonds. The van der Waals surface area contributed by atoms with Crippen LogP contribution in [0.15, 0.2) is 48.5 Å². The van der Waals surface area contributed by atoms with Gasteiger partial charge in [-0.1, -0.05) is 74.9 Å². The van der Waals surface area contributed by atoms with E-state index in [4.69, 9.17) is 16.9 Å². The number of amidine groups is 1. The van der Waals surface area contributed by atoms with Gasteiger partial charge in [0.2, 0.25) is 17.7 Å². The molecule has 2 aromatic carbocycles. The Balaban J connectivity index is 0.00000462. The van der Waals surface area contributed by atoms with E-state index in [9.17, 15) is 14.4 Å². The third kappa shape index (κ3) is 9.05. The van der Waals surface area contributed by atoms with Crippen molar-refractivity contribution >= 4 is 36.0 Å². The van der Waals surface area contributed by atoms with Crippen LogP contribution < -0.4 is 22.1 Å². The minimum absolute atomic E-state index is 0. The quantitative estimate of drug-likeness (QED) is 0.194. The van der Waals surface area contributed by atoms with E-state index < -0.39 is 11.9 Å². The molecular weight excluding hydrogens is 538 g/mol. The molecule has 2 saturated carbocycles. The van der Waals surface area contributed by atoms with Crippen molar-refractivity contribution in [3.63, 3.8) is 0 Å². The highest BCUT2D eigenvalue weighted by Crippen LogP contribution is 2.33. The monoisotopic (exact) mass is 581 g/mol. The lowest BCUT2D eigenvalue weighted by Crippen LogP contribution is -2.53. The lowest BCUT2D eigenvalue weighted by molar-refractivity contribution is -0.134. The van der Waals surface area contributed by atoms with Gasteiger partial charge in [-0.25, -0.2) is 0 Å². The molecule has 0 saturated heterocycles. The molecule has 7 N–H and O–H groups in total. The number of benzene rings is 2. The van der Waals surface area contributed by atoms with Crippen LogP contribution in [0.25, 0.3) is 0 Å². The molecule has 2 fully saturated rings. The number of nitrogens with two attached hydrogens (primary N) is 2. The highest BCUT2D eigenvalue weighted by atomic mass is 35.5. The van der Waals surface area contributed by atoms with Crippen LogP contribution in [0.4, 0.5) is 0 Å². The second kappa shape index (κ2) is 15.6. The maximum atomic E-state index is 14.0. The topological polar surface area (TPSA) is 151 Å². The number of nitrogens with one attached hydrogen (secondary N) is 3. The van der Waals surface area contributed by atoms with Crippen LogP contribution in [-0.4, -0.2) is 29.6 Å². The van der Waals surface area contributed by atoms with Crippen LogP contribution >= 0.6 is 12.4 Å². The molecule has 0 aromatic heterocycles. The van der Waals surface area contributed by atoms with E-state index in [-0.39, 0.29) is 47.8 Å². The summed E-state index contributed by atoms with van der Waals surface area (Å²) in [7, 11) is 0. The third-order valence-corrected chi connectivity index (χ3v) is 8.68. The van der Waals surface area contributed by atoms with E-state index >= 15 is 0 Å². The van der Waals surface area contributed by atoms with E-state index in [1.165, 1.54) is 6.42 Å². The highest BCUT2D eigenvalue weighted by Gasteiger charge is 2.35. The summed E-state index contributed by atoms with van der Waals surface area (Å²) < 4.78 is 0. The summed E-state index contributed by atoms with van der Waals surface area (Å²) in [6.45, 7) is 0.311. The normalized spacial score (nSPS) is 17.5. The van der Waals surface area contributed by atoms with Crippen molar-refractivity contribution in [3.05, 3.63) is 70.8 Å².